The summed E-state index contributed by atoms with van der Waals surface area (Å²) in [6, 6.07) is 7.71. The van der Waals surface area contributed by atoms with E-state index in [1.165, 1.54) is 11.3 Å². The monoisotopic (exact) mass is 338 g/mol. The zero-order chi connectivity index (χ0) is 15.0. The SMILES string of the molecule is CC(C)(C)SCc1nnc2sc(-c3ccccc3Cl)nn12. The van der Waals surface area contributed by atoms with Crippen LogP contribution in [0.15, 0.2) is 24.3 Å². The van der Waals surface area contributed by atoms with Gasteiger partial charge in [-0.25, -0.2) is 0 Å². The lowest BCUT2D eigenvalue weighted by Crippen LogP contribution is -2.08. The van der Waals surface area contributed by atoms with Gasteiger partial charge in [0.2, 0.25) is 4.96 Å². The Morgan fingerprint density at radius 1 is 1.24 bits per heavy atom. The largest absolute Gasteiger partial charge is 0.235 e. The van der Waals surface area contributed by atoms with E-state index in [0.717, 1.165) is 27.1 Å². The van der Waals surface area contributed by atoms with Gasteiger partial charge < -0.3 is 0 Å². The van der Waals surface area contributed by atoms with Gasteiger partial charge in [-0.1, -0.05) is 61.9 Å². The van der Waals surface area contributed by atoms with Crippen LogP contribution < -0.4 is 0 Å². The molecule has 4 nitrogen and oxygen atoms in total. The Morgan fingerprint density at radius 2 is 2.00 bits per heavy atom. The summed E-state index contributed by atoms with van der Waals surface area (Å²) in [6.07, 6.45) is 0. The average molecular weight is 339 g/mol. The Bertz CT molecular complexity index is 773. The molecule has 0 radical (unpaired) electrons. The summed E-state index contributed by atoms with van der Waals surface area (Å²) >= 11 is 9.56. The lowest BCUT2D eigenvalue weighted by Gasteiger charge is -2.16. The normalized spacial score (nSPS) is 12.2. The fourth-order valence-corrected chi connectivity index (χ4v) is 3.69. The molecule has 7 heteroatoms. The maximum absolute atomic E-state index is 6.23. The molecule has 0 atom stereocenters. The fourth-order valence-electron chi connectivity index (χ4n) is 1.77. The van der Waals surface area contributed by atoms with Crippen molar-refractivity contribution in [2.75, 3.05) is 0 Å². The number of hydrogen-bond donors (Lipinski definition) is 0. The first-order chi connectivity index (χ1) is 9.94. The molecule has 3 rings (SSSR count). The summed E-state index contributed by atoms with van der Waals surface area (Å²) in [7, 11) is 0. The predicted molar refractivity (Wildman–Crippen MR) is 90.2 cm³/mol. The molecule has 0 saturated heterocycles. The first-order valence-corrected chi connectivity index (χ1v) is 8.72. The van der Waals surface area contributed by atoms with Gasteiger partial charge in [0.25, 0.3) is 0 Å². The Kier molecular flexibility index (Phi) is 3.94. The molecule has 2 aromatic heterocycles. The van der Waals surface area contributed by atoms with E-state index in [1.54, 1.807) is 0 Å². The third kappa shape index (κ3) is 3.22. The van der Waals surface area contributed by atoms with E-state index in [1.807, 2.05) is 40.5 Å². The molecule has 0 spiro atoms. The van der Waals surface area contributed by atoms with Crippen molar-refractivity contribution in [3.8, 4) is 10.6 Å². The minimum atomic E-state index is 0.188. The molecule has 110 valence electrons. The van der Waals surface area contributed by atoms with Crippen LogP contribution >= 0.6 is 34.7 Å². The summed E-state index contributed by atoms with van der Waals surface area (Å²) < 4.78 is 2.01. The molecule has 2 heterocycles. The van der Waals surface area contributed by atoms with E-state index in [-0.39, 0.29) is 4.75 Å². The number of fused-ring (bicyclic) bond motifs is 1. The van der Waals surface area contributed by atoms with E-state index in [0.29, 0.717) is 5.02 Å². The zero-order valence-corrected chi connectivity index (χ0v) is 14.4. The lowest BCUT2D eigenvalue weighted by molar-refractivity contribution is 0.796. The van der Waals surface area contributed by atoms with Crippen molar-refractivity contribution in [3.63, 3.8) is 0 Å². The molecule has 21 heavy (non-hydrogen) atoms. The van der Waals surface area contributed by atoms with E-state index in [2.05, 4.69) is 36.1 Å². The molecule has 0 amide bonds. The highest BCUT2D eigenvalue weighted by molar-refractivity contribution is 7.99. The van der Waals surface area contributed by atoms with Gasteiger partial charge >= 0.3 is 0 Å². The van der Waals surface area contributed by atoms with Gasteiger partial charge in [-0.05, 0) is 6.07 Å². The topological polar surface area (TPSA) is 43.1 Å². The average Bonchev–Trinajstić information content (AvgIpc) is 2.96. The first kappa shape index (κ1) is 14.8. The summed E-state index contributed by atoms with van der Waals surface area (Å²) in [5, 5.41) is 14.6. The van der Waals surface area contributed by atoms with E-state index in [9.17, 15) is 0 Å². The van der Waals surface area contributed by atoms with Gasteiger partial charge in [-0.2, -0.15) is 9.61 Å². The fraction of sp³-hybridized carbons (Fsp3) is 0.357. The van der Waals surface area contributed by atoms with Crippen molar-refractivity contribution >= 4 is 39.7 Å². The number of hydrogen-bond acceptors (Lipinski definition) is 5. The number of thioether (sulfide) groups is 1. The molecular formula is C14H15ClN4S2. The zero-order valence-electron chi connectivity index (χ0n) is 12.0. The Hall–Kier alpha value is -1.11. The highest BCUT2D eigenvalue weighted by Gasteiger charge is 2.17. The maximum Gasteiger partial charge on any atom is 0.235 e. The second kappa shape index (κ2) is 5.59. The molecule has 0 saturated carbocycles. The molecule has 3 aromatic rings. The van der Waals surface area contributed by atoms with Crippen LogP contribution in [0.25, 0.3) is 15.5 Å². The summed E-state index contributed by atoms with van der Waals surface area (Å²) in [4.78, 5) is 0.800. The standard InChI is InChI=1S/C14H15ClN4S2/c1-14(2,3)20-8-11-16-17-13-19(11)18-12(21-13)9-6-4-5-7-10(9)15/h4-7H,8H2,1-3H3. The maximum atomic E-state index is 6.23. The van der Waals surface area contributed by atoms with Crippen LogP contribution in [0.4, 0.5) is 0 Å². The minimum Gasteiger partial charge on any atom is -0.186 e. The summed E-state index contributed by atoms with van der Waals surface area (Å²) in [6.45, 7) is 6.56. The van der Waals surface area contributed by atoms with E-state index >= 15 is 0 Å². The summed E-state index contributed by atoms with van der Waals surface area (Å²) in [5.41, 5.74) is 0.934. The smallest absolute Gasteiger partial charge is 0.186 e. The van der Waals surface area contributed by atoms with Gasteiger partial charge in [0.1, 0.15) is 5.01 Å². The molecule has 0 N–H and O–H groups in total. The van der Waals surface area contributed by atoms with E-state index < -0.39 is 0 Å². The van der Waals surface area contributed by atoms with Gasteiger partial charge in [0.15, 0.2) is 5.82 Å². The highest BCUT2D eigenvalue weighted by Crippen LogP contribution is 2.32. The summed E-state index contributed by atoms with van der Waals surface area (Å²) in [5.74, 6) is 1.66. The van der Waals surface area contributed by atoms with Crippen LogP contribution in [0.1, 0.15) is 26.6 Å². The second-order valence-electron chi connectivity index (χ2n) is 5.60. The lowest BCUT2D eigenvalue weighted by atomic mass is 10.2. The number of nitrogens with zero attached hydrogens (tertiary/aromatic N) is 4. The van der Waals surface area contributed by atoms with E-state index in [4.69, 9.17) is 11.6 Å². The van der Waals surface area contributed by atoms with Crippen LogP contribution in [0.5, 0.6) is 0 Å². The van der Waals surface area contributed by atoms with Crippen LogP contribution in [-0.2, 0) is 5.75 Å². The quantitative estimate of drug-likeness (QED) is 0.703. The number of halogens is 1. The van der Waals surface area contributed by atoms with Gasteiger partial charge in [-0.3, -0.25) is 0 Å². The molecule has 0 unspecified atom stereocenters. The predicted octanol–water partition coefficient (Wildman–Crippen LogP) is 4.54. The molecule has 1 aromatic carbocycles. The highest BCUT2D eigenvalue weighted by atomic mass is 35.5. The van der Waals surface area contributed by atoms with Crippen molar-refractivity contribution in [2.24, 2.45) is 0 Å². The van der Waals surface area contributed by atoms with Crippen molar-refractivity contribution in [1.82, 2.24) is 19.8 Å². The molecule has 0 aliphatic rings. The Morgan fingerprint density at radius 3 is 2.71 bits per heavy atom. The second-order valence-corrected chi connectivity index (χ2v) is 8.76. The molecule has 0 aliphatic heterocycles. The molecule has 0 bridgehead atoms. The third-order valence-electron chi connectivity index (χ3n) is 2.79. The molecule has 0 aliphatic carbocycles. The van der Waals surface area contributed by atoms with Crippen molar-refractivity contribution in [1.29, 1.82) is 0 Å². The van der Waals surface area contributed by atoms with Crippen LogP contribution in [0.3, 0.4) is 0 Å². The molecule has 0 fully saturated rings. The van der Waals surface area contributed by atoms with Crippen LogP contribution in [0.2, 0.25) is 5.02 Å². The third-order valence-corrected chi connectivity index (χ3v) is 5.32. The number of rotatable bonds is 3. The molecular weight excluding hydrogens is 324 g/mol. The Balaban J connectivity index is 1.95. The Labute approximate surface area is 136 Å². The van der Waals surface area contributed by atoms with Crippen molar-refractivity contribution in [2.45, 2.75) is 31.3 Å². The first-order valence-electron chi connectivity index (χ1n) is 6.54. The van der Waals surface area contributed by atoms with Gasteiger partial charge in [0, 0.05) is 10.3 Å². The number of benzene rings is 1. The van der Waals surface area contributed by atoms with Crippen LogP contribution in [0, 0.1) is 0 Å². The van der Waals surface area contributed by atoms with Crippen molar-refractivity contribution < 1.29 is 0 Å². The van der Waals surface area contributed by atoms with Crippen molar-refractivity contribution in [3.05, 3.63) is 35.1 Å². The van der Waals surface area contributed by atoms with Crippen LogP contribution in [-0.4, -0.2) is 24.6 Å². The van der Waals surface area contributed by atoms with Gasteiger partial charge in [-0.15, -0.1) is 22.0 Å². The minimum absolute atomic E-state index is 0.188. The van der Waals surface area contributed by atoms with Gasteiger partial charge in [0.05, 0.1) is 10.8 Å². The number of aromatic nitrogens is 4.